The molecule has 0 unspecified atom stereocenters. The molecule has 1 atom stereocenters. The maximum atomic E-state index is 13.6. The van der Waals surface area contributed by atoms with Gasteiger partial charge in [0, 0.05) is 16.6 Å². The van der Waals surface area contributed by atoms with Crippen LogP contribution < -0.4 is 10.2 Å². The Balaban J connectivity index is 1.63. The number of hydrogen-bond donors (Lipinski definition) is 1. The zero-order valence-electron chi connectivity index (χ0n) is 16.5. The number of carbonyl (C=O) groups is 2. The van der Waals surface area contributed by atoms with Crippen molar-refractivity contribution in [3.63, 3.8) is 0 Å². The third-order valence-electron chi connectivity index (χ3n) is 5.44. The first-order valence-electron chi connectivity index (χ1n) is 10.0. The van der Waals surface area contributed by atoms with Crippen LogP contribution in [0.1, 0.15) is 39.1 Å². The first-order valence-corrected chi connectivity index (χ1v) is 11.6. The maximum Gasteiger partial charge on any atom is 0.259 e. The molecule has 3 aromatic rings. The average Bonchev–Trinajstić information content (AvgIpc) is 3.61. The second-order valence-electron chi connectivity index (χ2n) is 7.71. The van der Waals surface area contributed by atoms with E-state index in [1.165, 1.54) is 0 Å². The van der Waals surface area contributed by atoms with E-state index in [0.717, 1.165) is 18.4 Å². The zero-order valence-corrected chi connectivity index (χ0v) is 18.1. The molecule has 1 saturated carbocycles. The Morgan fingerprint density at radius 1 is 1.03 bits per heavy atom. The van der Waals surface area contributed by atoms with Gasteiger partial charge in [-0.05, 0) is 60.9 Å². The third kappa shape index (κ3) is 3.89. The lowest BCUT2D eigenvalue weighted by molar-refractivity contribution is 0.0947. The molecule has 5 nitrogen and oxygen atoms in total. The number of carbonyl (C=O) groups excluding carboxylic acids is 2. The van der Waals surface area contributed by atoms with Crippen LogP contribution in [0.3, 0.4) is 0 Å². The predicted molar refractivity (Wildman–Crippen MR) is 120 cm³/mol. The standard InChI is InChI=1S/C24H19ClN2O3S/c25-17-8-5-15(6-9-17)14-27-20-13-16(23(28)26-18-10-11-18)7-12-22(20)31(30)21-4-2-1-3-19(21)24(27)29/h1-9,12-13,18H,10-11,14H2,(H,26,28)/t31-/m1/s1. The minimum Gasteiger partial charge on any atom is -0.349 e. The average molecular weight is 451 g/mol. The van der Waals surface area contributed by atoms with E-state index in [9.17, 15) is 13.8 Å². The summed E-state index contributed by atoms with van der Waals surface area (Å²) in [5, 5.41) is 3.58. The van der Waals surface area contributed by atoms with Gasteiger partial charge in [-0.3, -0.25) is 9.59 Å². The van der Waals surface area contributed by atoms with Gasteiger partial charge in [0.2, 0.25) is 0 Å². The van der Waals surface area contributed by atoms with Gasteiger partial charge in [-0.25, -0.2) is 4.21 Å². The minimum atomic E-state index is -1.55. The van der Waals surface area contributed by atoms with Crippen LogP contribution in [-0.2, 0) is 17.3 Å². The summed E-state index contributed by atoms with van der Waals surface area (Å²) < 4.78 is 13.4. The van der Waals surface area contributed by atoms with E-state index in [1.807, 2.05) is 12.1 Å². The molecule has 2 aliphatic rings. The first-order chi connectivity index (χ1) is 15.0. The highest BCUT2D eigenvalue weighted by molar-refractivity contribution is 7.85. The molecule has 1 aliphatic carbocycles. The van der Waals surface area contributed by atoms with Crippen molar-refractivity contribution in [3.05, 3.63) is 88.4 Å². The molecule has 0 aromatic heterocycles. The van der Waals surface area contributed by atoms with E-state index in [1.54, 1.807) is 59.5 Å². The van der Waals surface area contributed by atoms with Crippen LogP contribution >= 0.6 is 11.6 Å². The Morgan fingerprint density at radius 3 is 2.52 bits per heavy atom. The molecule has 1 N–H and O–H groups in total. The predicted octanol–water partition coefficient (Wildman–Crippen LogP) is 4.56. The molecule has 156 valence electrons. The van der Waals surface area contributed by atoms with Crippen molar-refractivity contribution in [2.24, 2.45) is 0 Å². The van der Waals surface area contributed by atoms with E-state index < -0.39 is 10.8 Å². The molecule has 0 spiro atoms. The number of benzene rings is 3. The molecule has 7 heteroatoms. The van der Waals surface area contributed by atoms with Crippen molar-refractivity contribution in [1.82, 2.24) is 5.32 Å². The van der Waals surface area contributed by atoms with Crippen LogP contribution in [-0.4, -0.2) is 22.1 Å². The largest absolute Gasteiger partial charge is 0.349 e. The lowest BCUT2D eigenvalue weighted by Crippen LogP contribution is -2.31. The highest BCUT2D eigenvalue weighted by Crippen LogP contribution is 2.36. The number of fused-ring (bicyclic) bond motifs is 2. The molecule has 3 aromatic carbocycles. The number of rotatable bonds is 4. The van der Waals surface area contributed by atoms with Gasteiger partial charge in [-0.2, -0.15) is 0 Å². The van der Waals surface area contributed by atoms with Crippen LogP contribution in [0.4, 0.5) is 5.69 Å². The molecule has 0 radical (unpaired) electrons. The minimum absolute atomic E-state index is 0.184. The van der Waals surface area contributed by atoms with Gasteiger partial charge in [0.1, 0.15) is 0 Å². The Morgan fingerprint density at radius 2 is 1.77 bits per heavy atom. The topological polar surface area (TPSA) is 66.5 Å². The second-order valence-corrected chi connectivity index (χ2v) is 9.57. The van der Waals surface area contributed by atoms with Crippen LogP contribution in [0.15, 0.2) is 76.5 Å². The molecule has 2 amide bonds. The number of hydrogen-bond acceptors (Lipinski definition) is 3. The summed E-state index contributed by atoms with van der Waals surface area (Å²) in [6, 6.07) is 19.4. The van der Waals surface area contributed by atoms with E-state index in [-0.39, 0.29) is 24.4 Å². The monoisotopic (exact) mass is 450 g/mol. The summed E-state index contributed by atoms with van der Waals surface area (Å²) in [4.78, 5) is 28.8. The van der Waals surface area contributed by atoms with Crippen LogP contribution in [0.25, 0.3) is 0 Å². The van der Waals surface area contributed by atoms with Crippen LogP contribution in [0.2, 0.25) is 5.02 Å². The summed E-state index contributed by atoms with van der Waals surface area (Å²) in [6.45, 7) is 0.266. The molecule has 1 heterocycles. The van der Waals surface area contributed by atoms with Gasteiger partial charge in [-0.1, -0.05) is 35.9 Å². The van der Waals surface area contributed by atoms with Gasteiger partial charge < -0.3 is 10.2 Å². The van der Waals surface area contributed by atoms with Crippen molar-refractivity contribution < 1.29 is 13.8 Å². The van der Waals surface area contributed by atoms with Gasteiger partial charge in [-0.15, -0.1) is 0 Å². The van der Waals surface area contributed by atoms with E-state index in [0.29, 0.717) is 31.6 Å². The van der Waals surface area contributed by atoms with Gasteiger partial charge in [0.15, 0.2) is 0 Å². The number of halogens is 1. The third-order valence-corrected chi connectivity index (χ3v) is 7.19. The maximum absolute atomic E-state index is 13.6. The highest BCUT2D eigenvalue weighted by atomic mass is 35.5. The lowest BCUT2D eigenvalue weighted by atomic mass is 10.1. The number of nitrogens with zero attached hydrogens (tertiary/aromatic N) is 1. The number of amides is 2. The first kappa shape index (κ1) is 20.0. The molecular weight excluding hydrogens is 432 g/mol. The van der Waals surface area contributed by atoms with Gasteiger partial charge >= 0.3 is 0 Å². The quantitative estimate of drug-likeness (QED) is 0.633. The summed E-state index contributed by atoms with van der Waals surface area (Å²) in [7, 11) is -1.55. The fourth-order valence-electron chi connectivity index (χ4n) is 3.63. The van der Waals surface area contributed by atoms with Crippen molar-refractivity contribution in [1.29, 1.82) is 0 Å². The lowest BCUT2D eigenvalue weighted by Gasteiger charge is -2.23. The number of nitrogens with one attached hydrogen (secondary N) is 1. The van der Waals surface area contributed by atoms with Crippen LogP contribution in [0, 0.1) is 0 Å². The Hall–Kier alpha value is -2.96. The fourth-order valence-corrected chi connectivity index (χ4v) is 5.10. The molecule has 1 aliphatic heterocycles. The zero-order chi connectivity index (χ0) is 21.5. The highest BCUT2D eigenvalue weighted by Gasteiger charge is 2.32. The van der Waals surface area contributed by atoms with Crippen molar-refractivity contribution in [2.75, 3.05) is 4.90 Å². The number of anilines is 1. The molecule has 1 fully saturated rings. The van der Waals surface area contributed by atoms with E-state index in [4.69, 9.17) is 11.6 Å². The summed E-state index contributed by atoms with van der Waals surface area (Å²) in [5.41, 5.74) is 2.21. The fraction of sp³-hybridized carbons (Fsp3) is 0.167. The van der Waals surface area contributed by atoms with Crippen molar-refractivity contribution >= 4 is 39.9 Å². The Labute approximate surface area is 187 Å². The summed E-state index contributed by atoms with van der Waals surface area (Å²) in [6.07, 6.45) is 1.97. The Kier molecular flexibility index (Phi) is 5.12. The summed E-state index contributed by atoms with van der Waals surface area (Å²) in [5.74, 6) is -0.436. The smallest absolute Gasteiger partial charge is 0.259 e. The van der Waals surface area contributed by atoms with E-state index >= 15 is 0 Å². The van der Waals surface area contributed by atoms with Gasteiger partial charge in [0.05, 0.1) is 38.4 Å². The summed E-state index contributed by atoms with van der Waals surface area (Å²) >= 11 is 6.01. The van der Waals surface area contributed by atoms with Crippen LogP contribution in [0.5, 0.6) is 0 Å². The van der Waals surface area contributed by atoms with Crippen molar-refractivity contribution in [3.8, 4) is 0 Å². The second kappa shape index (κ2) is 7.94. The van der Waals surface area contributed by atoms with Crippen molar-refractivity contribution in [2.45, 2.75) is 35.2 Å². The molecule has 0 bridgehead atoms. The molecule has 0 saturated heterocycles. The normalized spacial score (nSPS) is 17.5. The molecular formula is C24H19ClN2O3S. The molecule has 5 rings (SSSR count). The van der Waals surface area contributed by atoms with E-state index in [2.05, 4.69) is 5.32 Å². The molecule has 31 heavy (non-hydrogen) atoms. The SMILES string of the molecule is O=C(NC1CC1)c1ccc2c(c1)N(Cc1ccc(Cl)cc1)C(=O)c1ccccc1[S@]2=O. The van der Waals surface area contributed by atoms with Gasteiger partial charge in [0.25, 0.3) is 11.8 Å². The Bertz CT molecular complexity index is 1220.